The van der Waals surface area contributed by atoms with Crippen LogP contribution in [0.25, 0.3) is 0 Å². The molecule has 0 unspecified atom stereocenters. The van der Waals surface area contributed by atoms with Crippen LogP contribution in [0.1, 0.15) is 6.92 Å². The second-order valence-electron chi connectivity index (χ2n) is 3.17. The van der Waals surface area contributed by atoms with Gasteiger partial charge < -0.3 is 0 Å². The summed E-state index contributed by atoms with van der Waals surface area (Å²) in [5.41, 5.74) is 0. The molecule has 2 heterocycles. The Balaban J connectivity index is 1.89. The van der Waals surface area contributed by atoms with E-state index in [-0.39, 0.29) is 7.86 Å². The lowest BCUT2D eigenvalue weighted by Gasteiger charge is -2.19. The van der Waals surface area contributed by atoms with Crippen LogP contribution in [0.15, 0.2) is 0 Å². The standard InChI is InChI=1S/C8H11ClOS5/c1-5(10)13-7-4-12-8(15-7)11-3-6(2-9)14-8/h6-7H,2-4H2,1H3/t6-,7+,8-/m0/s1. The first-order chi connectivity index (χ1) is 7.13. The van der Waals surface area contributed by atoms with Crippen molar-refractivity contribution in [3.63, 3.8) is 0 Å². The van der Waals surface area contributed by atoms with Crippen molar-refractivity contribution in [2.24, 2.45) is 0 Å². The Morgan fingerprint density at radius 3 is 2.80 bits per heavy atom. The summed E-state index contributed by atoms with van der Waals surface area (Å²) in [4.78, 5) is 11.0. The van der Waals surface area contributed by atoms with E-state index in [4.69, 9.17) is 11.6 Å². The Kier molecular flexibility index (Phi) is 4.88. The van der Waals surface area contributed by atoms with Gasteiger partial charge in [-0.15, -0.1) is 58.6 Å². The highest BCUT2D eigenvalue weighted by atomic mass is 35.5. The largest absolute Gasteiger partial charge is 0.288 e. The number of halogens is 1. The quantitative estimate of drug-likeness (QED) is 0.716. The summed E-state index contributed by atoms with van der Waals surface area (Å²) in [5.74, 6) is 2.96. The first kappa shape index (κ1) is 13.1. The van der Waals surface area contributed by atoms with Crippen molar-refractivity contribution in [3.05, 3.63) is 0 Å². The summed E-state index contributed by atoms with van der Waals surface area (Å²) in [5, 5.41) is 0.810. The van der Waals surface area contributed by atoms with E-state index in [0.29, 0.717) is 9.83 Å². The lowest BCUT2D eigenvalue weighted by Crippen LogP contribution is -2.05. The molecule has 1 spiro atoms. The molecule has 2 rings (SSSR count). The van der Waals surface area contributed by atoms with Gasteiger partial charge in [0, 0.05) is 29.6 Å². The molecule has 0 bridgehead atoms. The SMILES string of the molecule is CC(=O)S[C@H]1CS[C@]2(SC[C@H](CCl)S2)S1. The van der Waals surface area contributed by atoms with E-state index in [2.05, 4.69) is 0 Å². The molecular weight excluding hydrogens is 308 g/mol. The van der Waals surface area contributed by atoms with Crippen molar-refractivity contribution in [1.29, 1.82) is 0 Å². The fourth-order valence-corrected chi connectivity index (χ4v) is 11.9. The van der Waals surface area contributed by atoms with E-state index >= 15 is 0 Å². The number of thioether (sulfide) groups is 5. The highest BCUT2D eigenvalue weighted by molar-refractivity contribution is 8.53. The molecule has 0 radical (unpaired) electrons. The van der Waals surface area contributed by atoms with Crippen molar-refractivity contribution in [2.45, 2.75) is 19.5 Å². The molecule has 15 heavy (non-hydrogen) atoms. The molecule has 2 aliphatic rings. The predicted octanol–water partition coefficient (Wildman–Crippen LogP) is 3.77. The van der Waals surface area contributed by atoms with Gasteiger partial charge in [-0.05, 0) is 0 Å². The van der Waals surface area contributed by atoms with Gasteiger partial charge in [-0.1, -0.05) is 11.8 Å². The predicted molar refractivity (Wildman–Crippen MR) is 79.4 cm³/mol. The van der Waals surface area contributed by atoms with Crippen LogP contribution in [-0.2, 0) is 4.79 Å². The first-order valence-electron chi connectivity index (χ1n) is 4.50. The van der Waals surface area contributed by atoms with Gasteiger partial charge in [0.15, 0.2) is 7.86 Å². The maximum absolute atomic E-state index is 11.0. The minimum Gasteiger partial charge on any atom is -0.288 e. The molecule has 0 aromatic rings. The Labute approximate surface area is 116 Å². The van der Waals surface area contributed by atoms with Gasteiger partial charge in [0.2, 0.25) is 0 Å². The lowest BCUT2D eigenvalue weighted by atomic mass is 10.6. The molecule has 0 aliphatic carbocycles. The summed E-state index contributed by atoms with van der Waals surface area (Å²) in [6.07, 6.45) is 0. The molecule has 0 N–H and O–H groups in total. The van der Waals surface area contributed by atoms with Crippen molar-refractivity contribution in [1.82, 2.24) is 0 Å². The maximum Gasteiger partial charge on any atom is 0.186 e. The van der Waals surface area contributed by atoms with Gasteiger partial charge >= 0.3 is 0 Å². The number of rotatable bonds is 2. The van der Waals surface area contributed by atoms with Crippen LogP contribution < -0.4 is 0 Å². The lowest BCUT2D eigenvalue weighted by molar-refractivity contribution is -0.109. The van der Waals surface area contributed by atoms with Crippen molar-refractivity contribution in [3.8, 4) is 0 Å². The second kappa shape index (κ2) is 5.57. The Hall–Kier alpha value is 1.71. The highest BCUT2D eigenvalue weighted by Crippen LogP contribution is 2.68. The summed E-state index contributed by atoms with van der Waals surface area (Å²) >= 11 is 15.3. The Bertz CT molecular complexity index is 263. The van der Waals surface area contributed by atoms with E-state index < -0.39 is 0 Å². The summed E-state index contributed by atoms with van der Waals surface area (Å²) in [6.45, 7) is 1.65. The van der Waals surface area contributed by atoms with Gasteiger partial charge in [-0.25, -0.2) is 0 Å². The van der Waals surface area contributed by atoms with Gasteiger partial charge in [-0.2, -0.15) is 0 Å². The topological polar surface area (TPSA) is 17.1 Å². The fourth-order valence-electron chi connectivity index (χ4n) is 1.32. The molecule has 0 aromatic heterocycles. The molecular formula is C8H11ClOS5. The molecule has 2 fully saturated rings. The van der Waals surface area contributed by atoms with E-state index in [0.717, 1.165) is 17.4 Å². The molecule has 2 saturated heterocycles. The van der Waals surface area contributed by atoms with Crippen molar-refractivity contribution >= 4 is 75.5 Å². The molecule has 2 aliphatic heterocycles. The molecule has 0 saturated carbocycles. The van der Waals surface area contributed by atoms with Gasteiger partial charge in [0.05, 0.1) is 4.58 Å². The van der Waals surface area contributed by atoms with E-state index in [1.165, 1.54) is 11.8 Å². The smallest absolute Gasteiger partial charge is 0.186 e. The molecule has 0 amide bonds. The average Bonchev–Trinajstić information content (AvgIpc) is 2.74. The first-order valence-corrected chi connectivity index (χ1v) is 9.65. The zero-order valence-corrected chi connectivity index (χ0v) is 12.9. The van der Waals surface area contributed by atoms with E-state index in [1.807, 2.05) is 47.0 Å². The minimum atomic E-state index is 0.229. The maximum atomic E-state index is 11.0. The third kappa shape index (κ3) is 3.35. The molecule has 1 nitrogen and oxygen atoms in total. The number of hydrogen-bond acceptors (Lipinski definition) is 6. The van der Waals surface area contributed by atoms with Crippen LogP contribution in [-0.4, -0.2) is 35.1 Å². The Morgan fingerprint density at radius 1 is 1.47 bits per heavy atom. The summed E-state index contributed by atoms with van der Waals surface area (Å²) in [7, 11) is 0. The van der Waals surface area contributed by atoms with Crippen molar-refractivity contribution in [2.75, 3.05) is 17.4 Å². The van der Waals surface area contributed by atoms with Crippen LogP contribution in [0.3, 0.4) is 0 Å². The third-order valence-corrected chi connectivity index (χ3v) is 11.7. The van der Waals surface area contributed by atoms with Crippen LogP contribution in [0.4, 0.5) is 0 Å². The zero-order valence-electron chi connectivity index (χ0n) is 8.10. The number of carbonyl (C=O) groups is 1. The zero-order chi connectivity index (χ0) is 10.9. The van der Waals surface area contributed by atoms with E-state index in [1.54, 1.807) is 6.92 Å². The molecule has 86 valence electrons. The van der Waals surface area contributed by atoms with Gasteiger partial charge in [0.25, 0.3) is 0 Å². The average molecular weight is 319 g/mol. The molecule has 0 aromatic carbocycles. The highest BCUT2D eigenvalue weighted by Gasteiger charge is 2.48. The summed E-state index contributed by atoms with van der Waals surface area (Å²) in [6, 6.07) is 0. The van der Waals surface area contributed by atoms with Crippen LogP contribution in [0.5, 0.6) is 0 Å². The monoisotopic (exact) mass is 318 g/mol. The van der Waals surface area contributed by atoms with Crippen LogP contribution >= 0.6 is 70.4 Å². The number of carbonyl (C=O) groups excluding carboxylic acids is 1. The molecule has 3 atom stereocenters. The third-order valence-electron chi connectivity index (χ3n) is 1.90. The number of hydrogen-bond donors (Lipinski definition) is 0. The van der Waals surface area contributed by atoms with Crippen molar-refractivity contribution < 1.29 is 4.79 Å². The van der Waals surface area contributed by atoms with Gasteiger partial charge in [-0.3, -0.25) is 4.79 Å². The molecule has 7 heteroatoms. The normalized spacial score (nSPS) is 40.1. The Morgan fingerprint density at radius 2 is 2.20 bits per heavy atom. The van der Waals surface area contributed by atoms with Crippen LogP contribution in [0, 0.1) is 0 Å². The summed E-state index contributed by atoms with van der Waals surface area (Å²) < 4.78 is 0.661. The second-order valence-corrected chi connectivity index (χ2v) is 12.1. The number of alkyl halides is 1. The van der Waals surface area contributed by atoms with Crippen LogP contribution in [0.2, 0.25) is 0 Å². The van der Waals surface area contributed by atoms with Gasteiger partial charge in [0.1, 0.15) is 0 Å². The van der Waals surface area contributed by atoms with E-state index in [9.17, 15) is 4.79 Å². The minimum absolute atomic E-state index is 0.229. The fraction of sp³-hybridized carbons (Fsp3) is 0.875.